The molecular formula is C8H14N4. The van der Waals surface area contributed by atoms with E-state index in [9.17, 15) is 0 Å². The molecule has 1 N–H and O–H groups in total. The molecule has 0 atom stereocenters. The summed E-state index contributed by atoms with van der Waals surface area (Å²) in [4.78, 5) is 10.1. The molecule has 0 aromatic carbocycles. The molecule has 0 aliphatic rings. The van der Waals surface area contributed by atoms with Crippen LogP contribution in [0.4, 0.5) is 11.6 Å². The molecule has 0 saturated heterocycles. The van der Waals surface area contributed by atoms with Gasteiger partial charge in [-0.2, -0.15) is 0 Å². The molecule has 0 unspecified atom stereocenters. The minimum atomic E-state index is 0.871. The van der Waals surface area contributed by atoms with Gasteiger partial charge in [-0.1, -0.05) is 0 Å². The summed E-state index contributed by atoms with van der Waals surface area (Å²) < 4.78 is 0. The van der Waals surface area contributed by atoms with Crippen molar-refractivity contribution in [2.45, 2.75) is 6.92 Å². The van der Waals surface area contributed by atoms with Crippen molar-refractivity contribution in [2.75, 3.05) is 30.9 Å². The number of hydrogen-bond donors (Lipinski definition) is 1. The third-order valence-corrected chi connectivity index (χ3v) is 1.47. The largest absolute Gasteiger partial charge is 0.370 e. The number of nitrogens with one attached hydrogen (secondary N) is 1. The van der Waals surface area contributed by atoms with E-state index in [2.05, 4.69) is 15.3 Å². The van der Waals surface area contributed by atoms with Crippen LogP contribution in [0.5, 0.6) is 0 Å². The summed E-state index contributed by atoms with van der Waals surface area (Å²) >= 11 is 0. The van der Waals surface area contributed by atoms with E-state index >= 15 is 0 Å². The molecule has 0 amide bonds. The van der Waals surface area contributed by atoms with E-state index in [1.165, 1.54) is 0 Å². The third-order valence-electron chi connectivity index (χ3n) is 1.47. The summed E-state index contributed by atoms with van der Waals surface area (Å²) in [6.45, 7) is 2.92. The summed E-state index contributed by atoms with van der Waals surface area (Å²) in [6, 6.07) is 1.92. The Balaban J connectivity index is 2.81. The van der Waals surface area contributed by atoms with Gasteiger partial charge in [-0.3, -0.25) is 0 Å². The lowest BCUT2D eigenvalue weighted by molar-refractivity contribution is 1.03. The predicted molar refractivity (Wildman–Crippen MR) is 50.5 cm³/mol. The van der Waals surface area contributed by atoms with Gasteiger partial charge in [-0.05, 0) is 6.92 Å². The van der Waals surface area contributed by atoms with Gasteiger partial charge >= 0.3 is 0 Å². The Hall–Kier alpha value is -1.32. The van der Waals surface area contributed by atoms with E-state index < -0.39 is 0 Å². The fourth-order valence-corrected chi connectivity index (χ4v) is 0.869. The van der Waals surface area contributed by atoms with Crippen LogP contribution in [0.25, 0.3) is 0 Å². The lowest BCUT2D eigenvalue weighted by atomic mass is 10.5. The minimum absolute atomic E-state index is 0.871. The molecule has 1 aromatic rings. The van der Waals surface area contributed by atoms with Crippen molar-refractivity contribution in [3.05, 3.63) is 12.4 Å². The van der Waals surface area contributed by atoms with Crippen molar-refractivity contribution in [3.63, 3.8) is 0 Å². The van der Waals surface area contributed by atoms with Crippen LogP contribution in [0, 0.1) is 0 Å². The second-order valence-electron chi connectivity index (χ2n) is 2.69. The quantitative estimate of drug-likeness (QED) is 0.726. The van der Waals surface area contributed by atoms with E-state index in [4.69, 9.17) is 0 Å². The topological polar surface area (TPSA) is 41.0 Å². The van der Waals surface area contributed by atoms with Gasteiger partial charge in [0.15, 0.2) is 0 Å². The van der Waals surface area contributed by atoms with Gasteiger partial charge < -0.3 is 10.2 Å². The standard InChI is InChI=1S/C8H14N4/c1-4-9-7-5-8(12(2)3)11-6-10-7/h5-6H,4H2,1-3H3,(H,9,10,11). The smallest absolute Gasteiger partial charge is 0.133 e. The van der Waals surface area contributed by atoms with E-state index in [0.717, 1.165) is 18.2 Å². The molecule has 0 bridgehead atoms. The highest BCUT2D eigenvalue weighted by molar-refractivity contribution is 5.47. The van der Waals surface area contributed by atoms with Crippen LogP contribution in [-0.4, -0.2) is 30.6 Å². The monoisotopic (exact) mass is 166 g/mol. The summed E-state index contributed by atoms with van der Waals surface area (Å²) in [5.74, 6) is 1.79. The normalized spacial score (nSPS) is 9.58. The maximum Gasteiger partial charge on any atom is 0.133 e. The zero-order valence-electron chi connectivity index (χ0n) is 7.70. The van der Waals surface area contributed by atoms with E-state index in [0.29, 0.717) is 0 Å². The van der Waals surface area contributed by atoms with Crippen molar-refractivity contribution in [3.8, 4) is 0 Å². The first-order valence-corrected chi connectivity index (χ1v) is 3.97. The summed E-state index contributed by atoms with van der Waals surface area (Å²) in [6.07, 6.45) is 1.56. The van der Waals surface area contributed by atoms with Gasteiger partial charge in [0.2, 0.25) is 0 Å². The second kappa shape index (κ2) is 3.90. The summed E-state index contributed by atoms with van der Waals surface area (Å²) in [5.41, 5.74) is 0. The van der Waals surface area contributed by atoms with Gasteiger partial charge in [0.25, 0.3) is 0 Å². The molecule has 0 fully saturated rings. The van der Waals surface area contributed by atoms with Crippen molar-refractivity contribution in [2.24, 2.45) is 0 Å². The number of rotatable bonds is 3. The Morgan fingerprint density at radius 1 is 1.42 bits per heavy atom. The Kier molecular flexibility index (Phi) is 2.85. The maximum atomic E-state index is 4.10. The zero-order chi connectivity index (χ0) is 8.97. The van der Waals surface area contributed by atoms with Gasteiger partial charge in [0, 0.05) is 26.7 Å². The van der Waals surface area contributed by atoms with Crippen LogP contribution in [-0.2, 0) is 0 Å². The average molecular weight is 166 g/mol. The Morgan fingerprint density at radius 2 is 2.17 bits per heavy atom. The molecule has 0 aliphatic heterocycles. The second-order valence-corrected chi connectivity index (χ2v) is 2.69. The average Bonchev–Trinajstić information content (AvgIpc) is 2.05. The highest BCUT2D eigenvalue weighted by atomic mass is 15.2. The molecule has 0 spiro atoms. The molecule has 12 heavy (non-hydrogen) atoms. The van der Waals surface area contributed by atoms with Crippen LogP contribution < -0.4 is 10.2 Å². The molecule has 0 saturated carbocycles. The Labute approximate surface area is 72.6 Å². The molecule has 1 aromatic heterocycles. The fourth-order valence-electron chi connectivity index (χ4n) is 0.869. The first kappa shape index (κ1) is 8.77. The molecule has 0 radical (unpaired) electrons. The number of aromatic nitrogens is 2. The Morgan fingerprint density at radius 3 is 2.75 bits per heavy atom. The Bertz CT molecular complexity index is 247. The number of hydrogen-bond acceptors (Lipinski definition) is 4. The van der Waals surface area contributed by atoms with E-state index in [-0.39, 0.29) is 0 Å². The first-order chi connectivity index (χ1) is 5.74. The predicted octanol–water partition coefficient (Wildman–Crippen LogP) is 0.974. The minimum Gasteiger partial charge on any atom is -0.370 e. The zero-order valence-corrected chi connectivity index (χ0v) is 7.70. The SMILES string of the molecule is CCNc1cc(N(C)C)ncn1. The molecular weight excluding hydrogens is 152 g/mol. The molecule has 66 valence electrons. The van der Waals surface area contributed by atoms with Crippen LogP contribution >= 0.6 is 0 Å². The van der Waals surface area contributed by atoms with E-state index in [1.807, 2.05) is 32.0 Å². The number of anilines is 2. The van der Waals surface area contributed by atoms with Crippen molar-refractivity contribution in [1.82, 2.24) is 9.97 Å². The molecule has 4 nitrogen and oxygen atoms in total. The van der Waals surface area contributed by atoms with E-state index in [1.54, 1.807) is 6.33 Å². The van der Waals surface area contributed by atoms with Gasteiger partial charge in [-0.25, -0.2) is 9.97 Å². The highest BCUT2D eigenvalue weighted by Gasteiger charge is 1.97. The first-order valence-electron chi connectivity index (χ1n) is 3.97. The molecule has 4 heteroatoms. The summed E-state index contributed by atoms with van der Waals surface area (Å²) in [7, 11) is 3.91. The van der Waals surface area contributed by atoms with Crippen LogP contribution in [0.15, 0.2) is 12.4 Å². The lowest BCUT2D eigenvalue weighted by Gasteiger charge is -2.11. The fraction of sp³-hybridized carbons (Fsp3) is 0.500. The van der Waals surface area contributed by atoms with Gasteiger partial charge in [-0.15, -0.1) is 0 Å². The molecule has 1 heterocycles. The van der Waals surface area contributed by atoms with Crippen LogP contribution in [0.1, 0.15) is 6.92 Å². The molecule has 1 rings (SSSR count). The van der Waals surface area contributed by atoms with Gasteiger partial charge in [0.1, 0.15) is 18.0 Å². The summed E-state index contributed by atoms with van der Waals surface area (Å²) in [5, 5.41) is 3.12. The molecule has 0 aliphatic carbocycles. The van der Waals surface area contributed by atoms with Crippen molar-refractivity contribution >= 4 is 11.6 Å². The van der Waals surface area contributed by atoms with Crippen molar-refractivity contribution < 1.29 is 0 Å². The maximum absolute atomic E-state index is 4.10. The third kappa shape index (κ3) is 2.08. The van der Waals surface area contributed by atoms with Gasteiger partial charge in [0.05, 0.1) is 0 Å². The van der Waals surface area contributed by atoms with Crippen LogP contribution in [0.3, 0.4) is 0 Å². The highest BCUT2D eigenvalue weighted by Crippen LogP contribution is 2.09. The number of nitrogens with zero attached hydrogens (tertiary/aromatic N) is 3. The van der Waals surface area contributed by atoms with Crippen LogP contribution in [0.2, 0.25) is 0 Å². The van der Waals surface area contributed by atoms with Crippen molar-refractivity contribution in [1.29, 1.82) is 0 Å². The lowest BCUT2D eigenvalue weighted by Crippen LogP contribution is -2.11.